The average Bonchev–Trinajstić information content (AvgIpc) is 2.88. The highest BCUT2D eigenvalue weighted by Crippen LogP contribution is 2.27. The van der Waals surface area contributed by atoms with E-state index >= 15 is 0 Å². The van der Waals surface area contributed by atoms with Crippen LogP contribution in [0.4, 0.5) is 0 Å². The van der Waals surface area contributed by atoms with Gasteiger partial charge in [0.1, 0.15) is 12.2 Å². The molecule has 0 spiro atoms. The predicted molar refractivity (Wildman–Crippen MR) is 140 cm³/mol. The van der Waals surface area contributed by atoms with Crippen molar-refractivity contribution in [1.29, 1.82) is 0 Å². The molecule has 35 heavy (non-hydrogen) atoms. The molecule has 4 heteroatoms. The molecule has 1 heterocycles. The Morgan fingerprint density at radius 1 is 0.886 bits per heavy atom. The monoisotopic (exact) mass is 469 g/mol. The van der Waals surface area contributed by atoms with Crippen LogP contribution in [0, 0.1) is 6.92 Å². The van der Waals surface area contributed by atoms with Gasteiger partial charge < -0.3 is 9.47 Å². The van der Waals surface area contributed by atoms with Crippen molar-refractivity contribution >= 4 is 5.97 Å². The Bertz CT molecular complexity index is 1050. The van der Waals surface area contributed by atoms with E-state index in [1.807, 2.05) is 12.1 Å². The van der Waals surface area contributed by atoms with Crippen LogP contribution >= 0.6 is 0 Å². The molecule has 0 amide bonds. The fourth-order valence-electron chi connectivity index (χ4n) is 4.52. The number of hydrogen-bond acceptors (Lipinski definition) is 4. The van der Waals surface area contributed by atoms with E-state index in [9.17, 15) is 4.79 Å². The van der Waals surface area contributed by atoms with Gasteiger partial charge >= 0.3 is 5.97 Å². The van der Waals surface area contributed by atoms with Crippen molar-refractivity contribution in [3.05, 3.63) is 119 Å². The molecular weight excluding hydrogens is 434 g/mol. The van der Waals surface area contributed by atoms with Gasteiger partial charge in [-0.1, -0.05) is 102 Å². The number of esters is 1. The Morgan fingerprint density at radius 3 is 2.06 bits per heavy atom. The van der Waals surface area contributed by atoms with Crippen molar-refractivity contribution in [2.24, 2.45) is 0 Å². The molecule has 0 radical (unpaired) electrons. The first-order chi connectivity index (χ1) is 17.1. The molecule has 3 aromatic carbocycles. The maximum atomic E-state index is 11.7. The molecule has 3 aromatic rings. The lowest BCUT2D eigenvalue weighted by molar-refractivity contribution is -0.147. The van der Waals surface area contributed by atoms with E-state index in [1.54, 1.807) is 0 Å². The summed E-state index contributed by atoms with van der Waals surface area (Å²) in [6.45, 7) is 6.74. The van der Waals surface area contributed by atoms with Gasteiger partial charge in [0.15, 0.2) is 0 Å². The topological polar surface area (TPSA) is 38.8 Å². The van der Waals surface area contributed by atoms with E-state index in [-0.39, 0.29) is 18.2 Å². The zero-order chi connectivity index (χ0) is 24.5. The zero-order valence-electron chi connectivity index (χ0n) is 20.7. The summed E-state index contributed by atoms with van der Waals surface area (Å²) in [6, 6.07) is 29.1. The molecule has 1 aliphatic heterocycles. The van der Waals surface area contributed by atoms with Gasteiger partial charge in [-0.25, -0.2) is 0 Å². The minimum absolute atomic E-state index is 0.0583. The lowest BCUT2D eigenvalue weighted by atomic mass is 10.0. The summed E-state index contributed by atoms with van der Waals surface area (Å²) < 4.78 is 12.1. The number of hydrogen-bond donors (Lipinski definition) is 0. The fraction of sp³-hybridized carbons (Fsp3) is 0.323. The van der Waals surface area contributed by atoms with Gasteiger partial charge in [0, 0.05) is 26.6 Å². The summed E-state index contributed by atoms with van der Waals surface area (Å²) in [7, 11) is 0. The van der Waals surface area contributed by atoms with Crippen LogP contribution < -0.4 is 0 Å². The van der Waals surface area contributed by atoms with E-state index in [4.69, 9.17) is 9.47 Å². The van der Waals surface area contributed by atoms with Crippen LogP contribution in [0.15, 0.2) is 96.6 Å². The van der Waals surface area contributed by atoms with Crippen molar-refractivity contribution in [3.8, 4) is 0 Å². The predicted octanol–water partition coefficient (Wildman–Crippen LogP) is 6.43. The molecule has 0 bridgehead atoms. The number of nitrogens with zero attached hydrogens (tertiary/aromatic N) is 1. The molecule has 1 unspecified atom stereocenters. The first-order valence-corrected chi connectivity index (χ1v) is 12.4. The van der Waals surface area contributed by atoms with E-state index in [0.29, 0.717) is 13.2 Å². The van der Waals surface area contributed by atoms with Gasteiger partial charge in [-0.15, -0.1) is 0 Å². The van der Waals surface area contributed by atoms with Crippen LogP contribution in [-0.4, -0.2) is 37.1 Å². The van der Waals surface area contributed by atoms with Gasteiger partial charge in [0.2, 0.25) is 0 Å². The van der Waals surface area contributed by atoms with Gasteiger partial charge in [0.25, 0.3) is 0 Å². The van der Waals surface area contributed by atoms with Crippen LogP contribution in [0.5, 0.6) is 0 Å². The molecule has 4 nitrogen and oxygen atoms in total. The van der Waals surface area contributed by atoms with Crippen LogP contribution in [0.1, 0.15) is 54.2 Å². The number of rotatable bonds is 10. The Morgan fingerprint density at radius 2 is 1.51 bits per heavy atom. The van der Waals surface area contributed by atoms with Crippen LogP contribution in [0.3, 0.4) is 0 Å². The maximum absolute atomic E-state index is 11.7. The van der Waals surface area contributed by atoms with E-state index in [1.165, 1.54) is 29.2 Å². The van der Waals surface area contributed by atoms with Crippen LogP contribution in [-0.2, 0) is 14.3 Å². The van der Waals surface area contributed by atoms with Crippen molar-refractivity contribution in [2.45, 2.75) is 38.9 Å². The maximum Gasteiger partial charge on any atom is 0.303 e. The Kier molecular flexibility index (Phi) is 8.88. The second-order valence-electron chi connectivity index (χ2n) is 9.20. The Hall–Kier alpha value is -3.21. The van der Waals surface area contributed by atoms with Crippen molar-refractivity contribution < 1.29 is 14.3 Å². The van der Waals surface area contributed by atoms with Crippen molar-refractivity contribution in [1.82, 2.24) is 4.90 Å². The molecular formula is C31H35NO3. The highest BCUT2D eigenvalue weighted by Gasteiger charge is 2.21. The summed E-state index contributed by atoms with van der Waals surface area (Å²) in [5, 5.41) is 0. The standard InChI is InChI=1S/C31H35NO3/c1-24-13-15-27(16-14-24)30(35-25(2)33)23-32-20-17-26(18-21-32)19-22-34-31(28-9-5-3-6-10-28)29-11-7-4-8-12-29/h3-17,30-31H,18-23H2,1-2H3. The number of carbonyl (C=O) groups is 1. The highest BCUT2D eigenvalue weighted by molar-refractivity contribution is 5.66. The minimum atomic E-state index is -0.246. The normalized spacial score (nSPS) is 15.0. The molecule has 4 rings (SSSR count). The summed E-state index contributed by atoms with van der Waals surface area (Å²) in [4.78, 5) is 14.1. The van der Waals surface area contributed by atoms with Crippen molar-refractivity contribution in [3.63, 3.8) is 0 Å². The first-order valence-electron chi connectivity index (χ1n) is 12.4. The Labute approximate surface area is 209 Å². The summed E-state index contributed by atoms with van der Waals surface area (Å²) in [5.41, 5.74) is 6.03. The van der Waals surface area contributed by atoms with Gasteiger partial charge in [-0.2, -0.15) is 0 Å². The van der Waals surface area contributed by atoms with E-state index in [2.05, 4.69) is 90.7 Å². The van der Waals surface area contributed by atoms with E-state index in [0.717, 1.165) is 31.5 Å². The van der Waals surface area contributed by atoms with Gasteiger partial charge in [-0.05, 0) is 36.5 Å². The summed E-state index contributed by atoms with van der Waals surface area (Å²) in [6.07, 6.45) is 3.94. The SMILES string of the molecule is CC(=O)OC(CN1CC=C(CCOC(c2ccccc2)c2ccccc2)CC1)c1ccc(C)cc1. The van der Waals surface area contributed by atoms with Crippen LogP contribution in [0.2, 0.25) is 0 Å². The highest BCUT2D eigenvalue weighted by atomic mass is 16.5. The minimum Gasteiger partial charge on any atom is -0.456 e. The molecule has 1 aliphatic rings. The third-order valence-electron chi connectivity index (χ3n) is 6.48. The lowest BCUT2D eigenvalue weighted by Crippen LogP contribution is -2.34. The number of ether oxygens (including phenoxy) is 2. The summed E-state index contributed by atoms with van der Waals surface area (Å²) in [5.74, 6) is -0.243. The second kappa shape index (κ2) is 12.5. The molecule has 0 fully saturated rings. The number of aryl methyl sites for hydroxylation is 1. The van der Waals surface area contributed by atoms with E-state index < -0.39 is 0 Å². The molecule has 0 N–H and O–H groups in total. The molecule has 0 aliphatic carbocycles. The number of benzene rings is 3. The quantitative estimate of drug-likeness (QED) is 0.253. The first kappa shape index (κ1) is 24.9. The zero-order valence-corrected chi connectivity index (χ0v) is 20.7. The second-order valence-corrected chi connectivity index (χ2v) is 9.20. The molecule has 0 saturated heterocycles. The average molecular weight is 470 g/mol. The largest absolute Gasteiger partial charge is 0.456 e. The fourth-order valence-corrected chi connectivity index (χ4v) is 4.52. The third kappa shape index (κ3) is 7.38. The molecule has 1 atom stereocenters. The molecule has 182 valence electrons. The lowest BCUT2D eigenvalue weighted by Gasteiger charge is -2.30. The van der Waals surface area contributed by atoms with Crippen molar-refractivity contribution in [2.75, 3.05) is 26.2 Å². The smallest absolute Gasteiger partial charge is 0.303 e. The Balaban J connectivity index is 1.32. The van der Waals surface area contributed by atoms with Gasteiger partial charge in [-0.3, -0.25) is 9.69 Å². The third-order valence-corrected chi connectivity index (χ3v) is 6.48. The van der Waals surface area contributed by atoms with Crippen LogP contribution in [0.25, 0.3) is 0 Å². The molecule has 0 aromatic heterocycles. The number of carbonyl (C=O) groups excluding carboxylic acids is 1. The van der Waals surface area contributed by atoms with Gasteiger partial charge in [0.05, 0.1) is 6.61 Å². The molecule has 0 saturated carbocycles. The summed E-state index contributed by atoms with van der Waals surface area (Å²) >= 11 is 0.